The van der Waals surface area contributed by atoms with Gasteiger partial charge in [-0.2, -0.15) is 5.10 Å². The van der Waals surface area contributed by atoms with Gasteiger partial charge in [-0.15, -0.1) is 11.3 Å². The van der Waals surface area contributed by atoms with Gasteiger partial charge in [0.25, 0.3) is 5.69 Å². The Labute approximate surface area is 230 Å². The zero-order valence-corrected chi connectivity index (χ0v) is 22.9. The van der Waals surface area contributed by atoms with E-state index in [4.69, 9.17) is 10.1 Å². The number of pyridine rings is 1. The molecule has 0 saturated carbocycles. The van der Waals surface area contributed by atoms with Gasteiger partial charge in [0, 0.05) is 55.5 Å². The number of benzene rings is 2. The molecule has 37 heavy (non-hydrogen) atoms. The fourth-order valence-electron chi connectivity index (χ4n) is 4.02. The summed E-state index contributed by atoms with van der Waals surface area (Å²) in [5, 5.41) is 18.1. The van der Waals surface area contributed by atoms with E-state index in [-0.39, 0.29) is 5.69 Å². The van der Waals surface area contributed by atoms with Gasteiger partial charge in [0.2, 0.25) is 4.80 Å². The Morgan fingerprint density at radius 3 is 2.62 bits per heavy atom. The molecule has 0 aliphatic heterocycles. The maximum atomic E-state index is 11.4. The van der Waals surface area contributed by atoms with Crippen molar-refractivity contribution in [3.05, 3.63) is 120 Å². The molecular weight excluding hydrogens is 599 g/mol. The van der Waals surface area contributed by atoms with Crippen LogP contribution in [0.25, 0.3) is 16.9 Å². The topological polar surface area (TPSA) is 90.6 Å². The van der Waals surface area contributed by atoms with E-state index in [0.29, 0.717) is 21.7 Å². The monoisotopic (exact) mass is 620 g/mol. The van der Waals surface area contributed by atoms with Gasteiger partial charge in [-0.05, 0) is 78.9 Å². The van der Waals surface area contributed by atoms with E-state index in [1.54, 1.807) is 35.4 Å². The van der Waals surface area contributed by atoms with E-state index in [2.05, 4.69) is 76.3 Å². The SMILES string of the molecule is Cc1cc(C=Nn2c(-c3cccc([N+](=O)[O-])c3)csc2=Nc2cccnc2)c(C)n1-c1ccc(I)cc1. The van der Waals surface area contributed by atoms with E-state index in [0.717, 1.165) is 22.6 Å². The number of nitro groups is 1. The van der Waals surface area contributed by atoms with Crippen molar-refractivity contribution in [2.45, 2.75) is 13.8 Å². The summed E-state index contributed by atoms with van der Waals surface area (Å²) in [5.74, 6) is 0. The lowest BCUT2D eigenvalue weighted by molar-refractivity contribution is -0.384. The lowest BCUT2D eigenvalue weighted by atomic mass is 10.1. The number of rotatable bonds is 6. The average molecular weight is 620 g/mol. The molecule has 0 unspecified atom stereocenters. The molecule has 0 aliphatic carbocycles. The maximum Gasteiger partial charge on any atom is 0.270 e. The lowest BCUT2D eigenvalue weighted by Gasteiger charge is -2.09. The summed E-state index contributed by atoms with van der Waals surface area (Å²) in [5.41, 5.74) is 6.30. The van der Waals surface area contributed by atoms with Crippen molar-refractivity contribution in [1.29, 1.82) is 0 Å². The zero-order valence-electron chi connectivity index (χ0n) is 19.9. The van der Waals surface area contributed by atoms with Crippen molar-refractivity contribution < 1.29 is 4.92 Å². The minimum absolute atomic E-state index is 0.0195. The lowest BCUT2D eigenvalue weighted by Crippen LogP contribution is -2.11. The first-order valence-electron chi connectivity index (χ1n) is 11.3. The van der Waals surface area contributed by atoms with Crippen LogP contribution in [-0.4, -0.2) is 25.4 Å². The Morgan fingerprint density at radius 1 is 1.08 bits per heavy atom. The smallest absolute Gasteiger partial charge is 0.270 e. The van der Waals surface area contributed by atoms with Crippen molar-refractivity contribution in [3.8, 4) is 16.9 Å². The summed E-state index contributed by atoms with van der Waals surface area (Å²) >= 11 is 3.70. The van der Waals surface area contributed by atoms with E-state index in [9.17, 15) is 10.1 Å². The fraction of sp³-hybridized carbons (Fsp3) is 0.0741. The summed E-state index contributed by atoms with van der Waals surface area (Å²) in [6.45, 7) is 4.13. The maximum absolute atomic E-state index is 11.4. The molecule has 0 fully saturated rings. The second-order valence-electron chi connectivity index (χ2n) is 8.23. The number of nitrogens with zero attached hydrogens (tertiary/aromatic N) is 6. The first-order valence-corrected chi connectivity index (χ1v) is 13.3. The van der Waals surface area contributed by atoms with Crippen LogP contribution in [0.5, 0.6) is 0 Å². The molecule has 10 heteroatoms. The van der Waals surface area contributed by atoms with Crippen molar-refractivity contribution in [3.63, 3.8) is 0 Å². The van der Waals surface area contributed by atoms with Gasteiger partial charge < -0.3 is 4.57 Å². The minimum atomic E-state index is -0.399. The van der Waals surface area contributed by atoms with Gasteiger partial charge in [0.15, 0.2) is 0 Å². The van der Waals surface area contributed by atoms with Gasteiger partial charge in [-0.3, -0.25) is 15.1 Å². The number of aromatic nitrogens is 3. The van der Waals surface area contributed by atoms with E-state index in [1.807, 2.05) is 23.6 Å². The number of hydrogen-bond acceptors (Lipinski definition) is 6. The van der Waals surface area contributed by atoms with Gasteiger partial charge in [-0.1, -0.05) is 12.1 Å². The Kier molecular flexibility index (Phi) is 7.10. The van der Waals surface area contributed by atoms with Crippen molar-refractivity contribution in [2.75, 3.05) is 0 Å². The highest BCUT2D eigenvalue weighted by Crippen LogP contribution is 2.25. The standard InChI is InChI=1S/C27H21IN6O2S/c1-18-13-21(19(2)32(18)24-10-8-22(28)9-11-24)15-30-33-26(20-5-3-7-25(14-20)34(35)36)17-37-27(33)31-23-6-4-12-29-16-23/h3-17H,1-2H3. The molecule has 0 saturated heterocycles. The van der Waals surface area contributed by atoms with E-state index in [1.165, 1.54) is 21.0 Å². The minimum Gasteiger partial charge on any atom is -0.318 e. The zero-order chi connectivity index (χ0) is 25.9. The highest BCUT2D eigenvalue weighted by Gasteiger charge is 2.14. The van der Waals surface area contributed by atoms with E-state index < -0.39 is 4.92 Å². The summed E-state index contributed by atoms with van der Waals surface area (Å²) in [6, 6.07) is 20.7. The van der Waals surface area contributed by atoms with Crippen LogP contribution < -0.4 is 4.80 Å². The van der Waals surface area contributed by atoms with Crippen LogP contribution in [-0.2, 0) is 0 Å². The molecule has 8 nitrogen and oxygen atoms in total. The molecule has 0 spiro atoms. The van der Waals surface area contributed by atoms with Crippen LogP contribution in [0.4, 0.5) is 11.4 Å². The highest BCUT2D eigenvalue weighted by atomic mass is 127. The Hall–Kier alpha value is -3.90. The van der Waals surface area contributed by atoms with Crippen LogP contribution in [0.15, 0.2) is 94.6 Å². The Balaban J connectivity index is 1.62. The normalized spacial score (nSPS) is 11.9. The third-order valence-electron chi connectivity index (χ3n) is 5.78. The number of halogens is 1. The predicted molar refractivity (Wildman–Crippen MR) is 155 cm³/mol. The number of aryl methyl sites for hydroxylation is 1. The van der Waals surface area contributed by atoms with Crippen molar-refractivity contribution >= 4 is 51.5 Å². The summed E-state index contributed by atoms with van der Waals surface area (Å²) in [6.07, 6.45) is 5.18. The molecule has 0 N–H and O–H groups in total. The summed E-state index contributed by atoms with van der Waals surface area (Å²) in [7, 11) is 0. The number of thiazole rings is 1. The number of hydrogen-bond donors (Lipinski definition) is 0. The number of non-ortho nitro benzene ring substituents is 1. The molecule has 2 aromatic carbocycles. The molecule has 0 aliphatic rings. The van der Waals surface area contributed by atoms with Crippen molar-refractivity contribution in [1.82, 2.24) is 14.2 Å². The molecule has 184 valence electrons. The quantitative estimate of drug-likeness (QED) is 0.0922. The summed E-state index contributed by atoms with van der Waals surface area (Å²) in [4.78, 5) is 20.5. The first kappa shape index (κ1) is 24.8. The molecule has 3 heterocycles. The molecule has 3 aromatic heterocycles. The van der Waals surface area contributed by atoms with Crippen LogP contribution in [0.1, 0.15) is 17.0 Å². The Bertz CT molecular complexity index is 1680. The van der Waals surface area contributed by atoms with Crippen LogP contribution in [0, 0.1) is 27.5 Å². The molecular formula is C27H21IN6O2S. The van der Waals surface area contributed by atoms with E-state index >= 15 is 0 Å². The van der Waals surface area contributed by atoms with Crippen LogP contribution in [0.2, 0.25) is 0 Å². The number of nitro benzene ring substituents is 1. The van der Waals surface area contributed by atoms with Gasteiger partial charge in [-0.25, -0.2) is 9.67 Å². The second kappa shape index (κ2) is 10.6. The summed E-state index contributed by atoms with van der Waals surface area (Å²) < 4.78 is 5.09. The Morgan fingerprint density at radius 2 is 1.89 bits per heavy atom. The molecule has 0 radical (unpaired) electrons. The van der Waals surface area contributed by atoms with Gasteiger partial charge in [0.05, 0.1) is 28.7 Å². The molecule has 5 aromatic rings. The van der Waals surface area contributed by atoms with Crippen LogP contribution >= 0.6 is 33.9 Å². The molecule has 0 amide bonds. The van der Waals surface area contributed by atoms with Gasteiger partial charge in [0.1, 0.15) is 0 Å². The van der Waals surface area contributed by atoms with Gasteiger partial charge >= 0.3 is 0 Å². The third kappa shape index (κ3) is 5.30. The molecule has 0 atom stereocenters. The first-order chi connectivity index (χ1) is 17.9. The predicted octanol–water partition coefficient (Wildman–Crippen LogP) is 6.65. The largest absolute Gasteiger partial charge is 0.318 e. The van der Waals surface area contributed by atoms with Crippen molar-refractivity contribution in [2.24, 2.45) is 10.1 Å². The second-order valence-corrected chi connectivity index (χ2v) is 10.3. The highest BCUT2D eigenvalue weighted by molar-refractivity contribution is 14.1. The van der Waals surface area contributed by atoms with Crippen LogP contribution in [0.3, 0.4) is 0 Å². The molecule has 0 bridgehead atoms. The third-order valence-corrected chi connectivity index (χ3v) is 7.31. The molecule has 5 rings (SSSR count). The average Bonchev–Trinajstić information content (AvgIpc) is 3.43. The fourth-order valence-corrected chi connectivity index (χ4v) is 5.24.